The highest BCUT2D eigenvalue weighted by Crippen LogP contribution is 2.29. The van der Waals surface area contributed by atoms with Crippen LogP contribution in [0.2, 0.25) is 0 Å². The first kappa shape index (κ1) is 16.7. The molecule has 0 aliphatic rings. The molecule has 108 valence electrons. The molecule has 0 saturated carbocycles. The van der Waals surface area contributed by atoms with E-state index in [-0.39, 0.29) is 29.9 Å². The largest absolute Gasteiger partial charge is 0.396 e. The van der Waals surface area contributed by atoms with Crippen molar-refractivity contribution >= 4 is 33.2 Å². The highest BCUT2D eigenvalue weighted by Gasteiger charge is 2.28. The van der Waals surface area contributed by atoms with Crippen LogP contribution in [0.25, 0.3) is 0 Å². The van der Waals surface area contributed by atoms with Gasteiger partial charge in [-0.05, 0) is 46.8 Å². The zero-order valence-electron chi connectivity index (χ0n) is 11.9. The Morgan fingerprint density at radius 3 is 2.53 bits per heavy atom. The van der Waals surface area contributed by atoms with E-state index in [2.05, 4.69) is 42.0 Å². The zero-order valence-corrected chi connectivity index (χ0v) is 14.3. The standard InChI is InChI=1S/C14H22BrNO2S/c1-9(10-5-6-12(15)19-10)13(18)16-11(7-8-17)14(2,3)4/h5-6,9,11,17H,7-8H2,1-4H3,(H,16,18). The molecule has 2 atom stereocenters. The molecule has 1 aromatic heterocycles. The predicted molar refractivity (Wildman–Crippen MR) is 83.5 cm³/mol. The topological polar surface area (TPSA) is 49.3 Å². The predicted octanol–water partition coefficient (Wildman–Crippen LogP) is 3.53. The number of halogens is 1. The average molecular weight is 348 g/mol. The van der Waals surface area contributed by atoms with Gasteiger partial charge in [0.1, 0.15) is 0 Å². The number of thiophene rings is 1. The van der Waals surface area contributed by atoms with Crippen molar-refractivity contribution in [3.63, 3.8) is 0 Å². The number of hydrogen-bond donors (Lipinski definition) is 2. The van der Waals surface area contributed by atoms with Gasteiger partial charge in [-0.15, -0.1) is 11.3 Å². The van der Waals surface area contributed by atoms with Crippen LogP contribution < -0.4 is 5.32 Å². The SMILES string of the molecule is CC(C(=O)NC(CCO)C(C)(C)C)c1ccc(Br)s1. The maximum absolute atomic E-state index is 12.3. The van der Waals surface area contributed by atoms with Gasteiger partial charge in [0.15, 0.2) is 0 Å². The van der Waals surface area contributed by atoms with E-state index < -0.39 is 0 Å². The van der Waals surface area contributed by atoms with Crippen molar-refractivity contribution < 1.29 is 9.90 Å². The molecule has 0 bridgehead atoms. The summed E-state index contributed by atoms with van der Waals surface area (Å²) >= 11 is 4.99. The maximum atomic E-state index is 12.3. The number of carbonyl (C=O) groups is 1. The van der Waals surface area contributed by atoms with E-state index in [0.717, 1.165) is 8.66 Å². The fourth-order valence-corrected chi connectivity index (χ4v) is 3.31. The summed E-state index contributed by atoms with van der Waals surface area (Å²) < 4.78 is 1.03. The lowest BCUT2D eigenvalue weighted by atomic mass is 9.84. The van der Waals surface area contributed by atoms with Crippen LogP contribution in [0.3, 0.4) is 0 Å². The first-order chi connectivity index (χ1) is 8.75. The molecule has 0 radical (unpaired) electrons. The number of aliphatic hydroxyl groups excluding tert-OH is 1. The molecular weight excluding hydrogens is 326 g/mol. The summed E-state index contributed by atoms with van der Waals surface area (Å²) in [6.45, 7) is 8.20. The van der Waals surface area contributed by atoms with Gasteiger partial charge in [-0.2, -0.15) is 0 Å². The molecule has 1 aromatic rings. The van der Waals surface area contributed by atoms with Crippen molar-refractivity contribution in [2.75, 3.05) is 6.61 Å². The van der Waals surface area contributed by atoms with E-state index in [0.29, 0.717) is 6.42 Å². The van der Waals surface area contributed by atoms with Gasteiger partial charge in [-0.1, -0.05) is 20.8 Å². The highest BCUT2D eigenvalue weighted by atomic mass is 79.9. The summed E-state index contributed by atoms with van der Waals surface area (Å²) in [5, 5.41) is 12.2. The Labute approximate surface area is 127 Å². The van der Waals surface area contributed by atoms with Crippen molar-refractivity contribution in [2.24, 2.45) is 5.41 Å². The summed E-state index contributed by atoms with van der Waals surface area (Å²) in [7, 11) is 0. The van der Waals surface area contributed by atoms with Crippen molar-refractivity contribution in [1.29, 1.82) is 0 Å². The van der Waals surface area contributed by atoms with Crippen molar-refractivity contribution in [1.82, 2.24) is 5.32 Å². The fraction of sp³-hybridized carbons (Fsp3) is 0.643. The summed E-state index contributed by atoms with van der Waals surface area (Å²) in [4.78, 5) is 13.3. The molecule has 0 saturated heterocycles. The van der Waals surface area contributed by atoms with Gasteiger partial charge in [0.2, 0.25) is 5.91 Å². The van der Waals surface area contributed by atoms with Crippen LogP contribution in [-0.4, -0.2) is 23.7 Å². The third-order valence-electron chi connectivity index (χ3n) is 3.19. The second kappa shape index (κ2) is 6.86. The molecule has 0 fully saturated rings. The van der Waals surface area contributed by atoms with E-state index in [1.54, 1.807) is 11.3 Å². The molecule has 1 heterocycles. The Morgan fingerprint density at radius 2 is 2.11 bits per heavy atom. The number of nitrogens with one attached hydrogen (secondary N) is 1. The normalized spacial score (nSPS) is 15.1. The van der Waals surface area contributed by atoms with Gasteiger partial charge < -0.3 is 10.4 Å². The molecule has 5 heteroatoms. The smallest absolute Gasteiger partial charge is 0.228 e. The molecule has 2 N–H and O–H groups in total. The van der Waals surface area contributed by atoms with Gasteiger partial charge in [0.05, 0.1) is 9.70 Å². The van der Waals surface area contributed by atoms with E-state index in [9.17, 15) is 4.79 Å². The Morgan fingerprint density at radius 1 is 1.47 bits per heavy atom. The Balaban J connectivity index is 2.71. The number of aliphatic hydroxyl groups is 1. The first-order valence-electron chi connectivity index (χ1n) is 6.42. The third-order valence-corrected chi connectivity index (χ3v) is 5.00. The minimum Gasteiger partial charge on any atom is -0.396 e. The van der Waals surface area contributed by atoms with Crippen molar-refractivity contribution in [3.05, 3.63) is 20.8 Å². The van der Waals surface area contributed by atoms with Crippen LogP contribution in [0, 0.1) is 5.41 Å². The van der Waals surface area contributed by atoms with E-state index >= 15 is 0 Å². The number of hydrogen-bond acceptors (Lipinski definition) is 3. The van der Waals surface area contributed by atoms with Crippen LogP contribution in [-0.2, 0) is 4.79 Å². The Kier molecular flexibility index (Phi) is 6.02. The lowest BCUT2D eigenvalue weighted by Crippen LogP contribution is -2.45. The van der Waals surface area contributed by atoms with Gasteiger partial charge in [0, 0.05) is 17.5 Å². The van der Waals surface area contributed by atoms with Crippen LogP contribution >= 0.6 is 27.3 Å². The molecule has 2 unspecified atom stereocenters. The number of rotatable bonds is 5. The maximum Gasteiger partial charge on any atom is 0.228 e. The fourth-order valence-electron chi connectivity index (χ4n) is 1.84. The molecule has 19 heavy (non-hydrogen) atoms. The molecule has 0 aliphatic carbocycles. The lowest BCUT2D eigenvalue weighted by Gasteiger charge is -2.32. The molecule has 3 nitrogen and oxygen atoms in total. The molecular formula is C14H22BrNO2S. The van der Waals surface area contributed by atoms with Gasteiger partial charge in [-0.3, -0.25) is 4.79 Å². The number of amides is 1. The molecule has 0 aliphatic heterocycles. The van der Waals surface area contributed by atoms with E-state index in [1.807, 2.05) is 19.1 Å². The lowest BCUT2D eigenvalue weighted by molar-refractivity contribution is -0.123. The quantitative estimate of drug-likeness (QED) is 0.855. The van der Waals surface area contributed by atoms with Crippen molar-refractivity contribution in [2.45, 2.75) is 46.1 Å². The van der Waals surface area contributed by atoms with Crippen LogP contribution in [0.1, 0.15) is 44.9 Å². The van der Waals surface area contributed by atoms with Crippen LogP contribution in [0.15, 0.2) is 15.9 Å². The summed E-state index contributed by atoms with van der Waals surface area (Å²) in [6.07, 6.45) is 0.579. The zero-order chi connectivity index (χ0) is 14.6. The van der Waals surface area contributed by atoms with E-state index in [4.69, 9.17) is 5.11 Å². The second-order valence-corrected chi connectivity index (χ2v) is 8.30. The Hall–Kier alpha value is -0.390. The summed E-state index contributed by atoms with van der Waals surface area (Å²) in [5.41, 5.74) is -0.0614. The average Bonchev–Trinajstić information content (AvgIpc) is 2.73. The molecule has 0 spiro atoms. The molecule has 0 aromatic carbocycles. The molecule has 1 amide bonds. The summed E-state index contributed by atoms with van der Waals surface area (Å²) in [5.74, 6) is -0.150. The highest BCUT2D eigenvalue weighted by molar-refractivity contribution is 9.11. The van der Waals surface area contributed by atoms with Crippen molar-refractivity contribution in [3.8, 4) is 0 Å². The monoisotopic (exact) mass is 347 g/mol. The minimum atomic E-state index is -0.167. The van der Waals surface area contributed by atoms with Gasteiger partial charge in [-0.25, -0.2) is 0 Å². The van der Waals surface area contributed by atoms with Gasteiger partial charge in [0.25, 0.3) is 0 Å². The van der Waals surface area contributed by atoms with Crippen LogP contribution in [0.5, 0.6) is 0 Å². The van der Waals surface area contributed by atoms with E-state index in [1.165, 1.54) is 0 Å². The van der Waals surface area contributed by atoms with Crippen LogP contribution in [0.4, 0.5) is 0 Å². The Bertz CT molecular complexity index is 425. The minimum absolute atomic E-state index is 0.0164. The molecule has 1 rings (SSSR count). The second-order valence-electron chi connectivity index (χ2n) is 5.80. The number of carbonyl (C=O) groups excluding carboxylic acids is 1. The first-order valence-corrected chi connectivity index (χ1v) is 8.03. The third kappa shape index (κ3) is 4.89. The van der Waals surface area contributed by atoms with Gasteiger partial charge >= 0.3 is 0 Å². The summed E-state index contributed by atoms with van der Waals surface area (Å²) in [6, 6.07) is 3.91.